The first-order chi connectivity index (χ1) is 9.39. The molecule has 1 saturated carbocycles. The van der Waals surface area contributed by atoms with Crippen LogP contribution in [0.4, 0.5) is 5.69 Å². The molecule has 1 aromatic carbocycles. The van der Waals surface area contributed by atoms with Gasteiger partial charge in [0.1, 0.15) is 12.4 Å². The third kappa shape index (κ3) is 3.44. The fraction of sp³-hybridized carbons (Fsp3) is 0.625. The van der Waals surface area contributed by atoms with E-state index in [1.807, 2.05) is 38.4 Å². The molecular weight excluding hydrogens is 252 g/mol. The number of ether oxygens (including phenoxy) is 1. The van der Waals surface area contributed by atoms with Crippen molar-refractivity contribution in [3.63, 3.8) is 0 Å². The van der Waals surface area contributed by atoms with Crippen molar-refractivity contribution in [1.29, 1.82) is 0 Å². The molecule has 1 aliphatic rings. The summed E-state index contributed by atoms with van der Waals surface area (Å²) in [6.45, 7) is 5.80. The summed E-state index contributed by atoms with van der Waals surface area (Å²) in [4.78, 5) is 2.10. The van der Waals surface area contributed by atoms with E-state index >= 15 is 0 Å². The molecule has 4 heteroatoms. The number of anilines is 1. The molecule has 1 fully saturated rings. The van der Waals surface area contributed by atoms with Crippen molar-refractivity contribution in [3.05, 3.63) is 24.3 Å². The summed E-state index contributed by atoms with van der Waals surface area (Å²) in [5.41, 5.74) is 1.02. The van der Waals surface area contributed by atoms with Crippen LogP contribution in [0, 0.1) is 5.41 Å². The van der Waals surface area contributed by atoms with Crippen LogP contribution >= 0.6 is 0 Å². The lowest BCUT2D eigenvalue weighted by Gasteiger charge is -2.49. The van der Waals surface area contributed by atoms with Gasteiger partial charge in [0.25, 0.3) is 0 Å². The monoisotopic (exact) mass is 278 g/mol. The summed E-state index contributed by atoms with van der Waals surface area (Å²) >= 11 is 0. The molecule has 2 rings (SSSR count). The third-order valence-corrected chi connectivity index (χ3v) is 4.22. The molecule has 0 bridgehead atoms. The van der Waals surface area contributed by atoms with Gasteiger partial charge in [0.2, 0.25) is 0 Å². The van der Waals surface area contributed by atoms with E-state index in [2.05, 4.69) is 24.1 Å². The molecule has 0 saturated heterocycles. The minimum absolute atomic E-state index is 0.0547. The number of nitrogens with zero attached hydrogens (tertiary/aromatic N) is 1. The van der Waals surface area contributed by atoms with Crippen LogP contribution < -0.4 is 10.1 Å². The van der Waals surface area contributed by atoms with Gasteiger partial charge in [-0.15, -0.1) is 0 Å². The van der Waals surface area contributed by atoms with E-state index in [-0.39, 0.29) is 11.5 Å². The van der Waals surface area contributed by atoms with Gasteiger partial charge in [-0.25, -0.2) is 0 Å². The maximum Gasteiger partial charge on any atom is 0.119 e. The predicted octanol–water partition coefficient (Wildman–Crippen LogP) is 2.20. The van der Waals surface area contributed by atoms with Gasteiger partial charge in [0, 0.05) is 23.7 Å². The average Bonchev–Trinajstić information content (AvgIpc) is 2.40. The van der Waals surface area contributed by atoms with Crippen molar-refractivity contribution in [2.24, 2.45) is 5.41 Å². The Labute approximate surface area is 121 Å². The minimum atomic E-state index is -0.200. The lowest BCUT2D eigenvalue weighted by molar-refractivity contribution is -0.0510. The molecule has 112 valence electrons. The first kappa shape index (κ1) is 15.1. The Morgan fingerprint density at radius 1 is 1.30 bits per heavy atom. The summed E-state index contributed by atoms with van der Waals surface area (Å²) in [6.07, 6.45) is 0.613. The van der Waals surface area contributed by atoms with Gasteiger partial charge in [0.15, 0.2) is 0 Å². The number of hydrogen-bond acceptors (Lipinski definition) is 4. The standard InChI is InChI=1S/C16H26N2O2/c1-16(2)14(11-15(16)19)17-12-5-7-13(8-6-12)20-10-9-18(3)4/h5-8,14-15,17,19H,9-11H2,1-4H3. The highest BCUT2D eigenvalue weighted by atomic mass is 16.5. The SMILES string of the molecule is CN(C)CCOc1ccc(NC2CC(O)C2(C)C)cc1. The van der Waals surface area contributed by atoms with Gasteiger partial charge in [-0.3, -0.25) is 0 Å². The van der Waals surface area contributed by atoms with E-state index < -0.39 is 0 Å². The molecule has 2 unspecified atom stereocenters. The highest BCUT2D eigenvalue weighted by molar-refractivity contribution is 5.48. The van der Waals surface area contributed by atoms with Gasteiger partial charge in [-0.2, -0.15) is 0 Å². The lowest BCUT2D eigenvalue weighted by atomic mass is 9.64. The number of benzene rings is 1. The number of hydrogen-bond donors (Lipinski definition) is 2. The summed E-state index contributed by atoms with van der Waals surface area (Å²) in [5, 5.41) is 13.2. The summed E-state index contributed by atoms with van der Waals surface area (Å²) in [5.74, 6) is 0.894. The van der Waals surface area contributed by atoms with Crippen LogP contribution in [0.5, 0.6) is 5.75 Å². The Bertz CT molecular complexity index is 429. The Balaban J connectivity index is 1.83. The Morgan fingerprint density at radius 2 is 1.95 bits per heavy atom. The van der Waals surface area contributed by atoms with Crippen LogP contribution in [-0.2, 0) is 0 Å². The second-order valence-electron chi connectivity index (χ2n) is 6.45. The molecule has 1 aliphatic carbocycles. The van der Waals surface area contributed by atoms with E-state index in [1.165, 1.54) is 0 Å². The predicted molar refractivity (Wildman–Crippen MR) is 82.3 cm³/mol. The van der Waals surface area contributed by atoms with Crippen LogP contribution in [0.25, 0.3) is 0 Å². The molecule has 20 heavy (non-hydrogen) atoms. The summed E-state index contributed by atoms with van der Waals surface area (Å²) < 4.78 is 5.67. The lowest BCUT2D eigenvalue weighted by Crippen LogP contribution is -2.56. The van der Waals surface area contributed by atoms with E-state index in [0.717, 1.165) is 24.4 Å². The topological polar surface area (TPSA) is 44.7 Å². The zero-order valence-electron chi connectivity index (χ0n) is 12.9. The van der Waals surface area contributed by atoms with Crippen molar-refractivity contribution in [1.82, 2.24) is 4.90 Å². The van der Waals surface area contributed by atoms with Crippen molar-refractivity contribution in [3.8, 4) is 5.75 Å². The Hall–Kier alpha value is -1.26. The molecule has 0 amide bonds. The van der Waals surface area contributed by atoms with E-state index in [0.29, 0.717) is 12.6 Å². The van der Waals surface area contributed by atoms with Crippen molar-refractivity contribution < 1.29 is 9.84 Å². The van der Waals surface area contributed by atoms with Gasteiger partial charge in [-0.05, 0) is 44.8 Å². The molecular formula is C16H26N2O2. The second-order valence-corrected chi connectivity index (χ2v) is 6.45. The van der Waals surface area contributed by atoms with Crippen LogP contribution in [0.3, 0.4) is 0 Å². The first-order valence-corrected chi connectivity index (χ1v) is 7.22. The molecule has 1 aromatic rings. The van der Waals surface area contributed by atoms with Crippen molar-refractivity contribution in [2.75, 3.05) is 32.6 Å². The zero-order chi connectivity index (χ0) is 14.8. The number of aliphatic hydroxyl groups is 1. The van der Waals surface area contributed by atoms with Gasteiger partial charge < -0.3 is 20.1 Å². The summed E-state index contributed by atoms with van der Waals surface area (Å²) in [6, 6.07) is 8.37. The molecule has 0 radical (unpaired) electrons. The van der Waals surface area contributed by atoms with Crippen molar-refractivity contribution in [2.45, 2.75) is 32.4 Å². The number of nitrogens with one attached hydrogen (secondary N) is 1. The second kappa shape index (κ2) is 6.02. The normalized spacial score (nSPS) is 24.3. The highest BCUT2D eigenvalue weighted by Gasteiger charge is 2.47. The van der Waals surface area contributed by atoms with Crippen LogP contribution in [0.15, 0.2) is 24.3 Å². The van der Waals surface area contributed by atoms with Crippen LogP contribution in [0.1, 0.15) is 20.3 Å². The molecule has 2 N–H and O–H groups in total. The summed E-state index contributed by atoms with van der Waals surface area (Å²) in [7, 11) is 4.07. The largest absolute Gasteiger partial charge is 0.492 e. The third-order valence-electron chi connectivity index (χ3n) is 4.22. The smallest absolute Gasteiger partial charge is 0.119 e. The first-order valence-electron chi connectivity index (χ1n) is 7.22. The van der Waals surface area contributed by atoms with Gasteiger partial charge in [0.05, 0.1) is 6.10 Å². The number of likely N-dealkylation sites (N-methyl/N-ethyl adjacent to an activating group) is 1. The average molecular weight is 278 g/mol. The van der Waals surface area contributed by atoms with Crippen LogP contribution in [-0.4, -0.2) is 49.4 Å². The molecule has 0 aliphatic heterocycles. The molecule has 4 nitrogen and oxygen atoms in total. The number of aliphatic hydroxyl groups excluding tert-OH is 1. The Morgan fingerprint density at radius 3 is 2.45 bits per heavy atom. The number of rotatable bonds is 6. The van der Waals surface area contributed by atoms with Crippen molar-refractivity contribution >= 4 is 5.69 Å². The van der Waals surface area contributed by atoms with Gasteiger partial charge in [-0.1, -0.05) is 13.8 Å². The minimum Gasteiger partial charge on any atom is -0.492 e. The fourth-order valence-corrected chi connectivity index (χ4v) is 2.34. The molecule has 0 spiro atoms. The molecule has 0 heterocycles. The quantitative estimate of drug-likeness (QED) is 0.837. The highest BCUT2D eigenvalue weighted by Crippen LogP contribution is 2.42. The molecule has 2 atom stereocenters. The fourth-order valence-electron chi connectivity index (χ4n) is 2.34. The van der Waals surface area contributed by atoms with Gasteiger partial charge >= 0.3 is 0 Å². The maximum absolute atomic E-state index is 9.75. The maximum atomic E-state index is 9.75. The van der Waals surface area contributed by atoms with Crippen LogP contribution in [0.2, 0.25) is 0 Å². The molecule has 0 aromatic heterocycles. The van der Waals surface area contributed by atoms with E-state index in [1.54, 1.807) is 0 Å². The van der Waals surface area contributed by atoms with E-state index in [9.17, 15) is 5.11 Å². The van der Waals surface area contributed by atoms with E-state index in [4.69, 9.17) is 4.74 Å². The zero-order valence-corrected chi connectivity index (χ0v) is 12.9. The Kier molecular flexibility index (Phi) is 4.55.